The summed E-state index contributed by atoms with van der Waals surface area (Å²) in [6, 6.07) is 13.2. The average Bonchev–Trinajstić information content (AvgIpc) is 2.79. The van der Waals surface area contributed by atoms with Crippen molar-refractivity contribution in [2.45, 2.75) is 6.10 Å². The van der Waals surface area contributed by atoms with Crippen molar-refractivity contribution in [3.05, 3.63) is 42.5 Å². The van der Waals surface area contributed by atoms with Gasteiger partial charge in [-0.05, 0) is 22.9 Å². The molecule has 6 heteroatoms. The zero-order valence-corrected chi connectivity index (χ0v) is 12.8. The molecule has 1 N–H and O–H groups in total. The maximum atomic E-state index is 11.8. The third-order valence-corrected chi connectivity index (χ3v) is 3.79. The van der Waals surface area contributed by atoms with Gasteiger partial charge in [0.05, 0.1) is 6.54 Å². The summed E-state index contributed by atoms with van der Waals surface area (Å²) >= 11 is 0. The molecule has 1 fully saturated rings. The molecule has 0 radical (unpaired) electrons. The van der Waals surface area contributed by atoms with Gasteiger partial charge in [-0.15, -0.1) is 0 Å². The molecule has 2 aromatic rings. The number of urea groups is 1. The van der Waals surface area contributed by atoms with Crippen LogP contribution in [-0.4, -0.2) is 59.7 Å². The van der Waals surface area contributed by atoms with Crippen LogP contribution in [-0.2, 0) is 4.79 Å². The Labute approximate surface area is 133 Å². The molecule has 0 unspecified atom stereocenters. The lowest BCUT2D eigenvalue weighted by molar-refractivity contribution is -0.126. The van der Waals surface area contributed by atoms with Gasteiger partial charge in [-0.2, -0.15) is 0 Å². The summed E-state index contributed by atoms with van der Waals surface area (Å²) in [6.45, 7) is 0.00574. The van der Waals surface area contributed by atoms with Crippen LogP contribution in [0, 0.1) is 0 Å². The molecular weight excluding hydrogens is 296 g/mol. The van der Waals surface area contributed by atoms with Gasteiger partial charge in [0.2, 0.25) is 5.91 Å². The molecule has 1 heterocycles. The van der Waals surface area contributed by atoms with E-state index in [4.69, 9.17) is 4.74 Å². The minimum atomic E-state index is -0.930. The number of amides is 3. The molecule has 0 saturated carbocycles. The monoisotopic (exact) mass is 314 g/mol. The van der Waals surface area contributed by atoms with E-state index in [9.17, 15) is 14.7 Å². The van der Waals surface area contributed by atoms with Crippen molar-refractivity contribution in [1.29, 1.82) is 0 Å². The zero-order valence-electron chi connectivity index (χ0n) is 12.8. The molecule has 1 atom stereocenters. The highest BCUT2D eigenvalue weighted by Crippen LogP contribution is 2.20. The largest absolute Gasteiger partial charge is 0.491 e. The smallest absolute Gasteiger partial charge is 0.327 e. The molecule has 2 aromatic carbocycles. The molecule has 1 saturated heterocycles. The van der Waals surface area contributed by atoms with Crippen molar-refractivity contribution in [1.82, 2.24) is 9.80 Å². The first-order chi connectivity index (χ1) is 11.0. The molecular formula is C17H18N2O4. The number of β-amino-alcohol motifs (C(OH)–C–C–N with tert-alkyl or cyclic N) is 1. The zero-order chi connectivity index (χ0) is 16.4. The Bertz CT molecular complexity index is 746. The lowest BCUT2D eigenvalue weighted by Gasteiger charge is -2.18. The number of likely N-dealkylation sites (N-methyl/N-ethyl adjacent to an activating group) is 1. The van der Waals surface area contributed by atoms with E-state index >= 15 is 0 Å². The number of hydrogen-bond acceptors (Lipinski definition) is 4. The van der Waals surface area contributed by atoms with Gasteiger partial charge in [-0.1, -0.05) is 30.3 Å². The Hall–Kier alpha value is -2.60. The fraction of sp³-hybridized carbons (Fsp3) is 0.294. The van der Waals surface area contributed by atoms with Gasteiger partial charge < -0.3 is 14.7 Å². The third-order valence-electron chi connectivity index (χ3n) is 3.79. The van der Waals surface area contributed by atoms with Crippen molar-refractivity contribution >= 4 is 22.7 Å². The number of ether oxygens (including phenoxy) is 1. The topological polar surface area (TPSA) is 70.1 Å². The SMILES string of the molecule is CN1CC(=O)N(C[C@H](O)COc2ccc3ccccc3c2)C1=O. The fourth-order valence-electron chi connectivity index (χ4n) is 2.56. The van der Waals surface area contributed by atoms with E-state index in [-0.39, 0.29) is 31.6 Å². The Morgan fingerprint density at radius 3 is 2.61 bits per heavy atom. The van der Waals surface area contributed by atoms with Crippen molar-refractivity contribution < 1.29 is 19.4 Å². The quantitative estimate of drug-likeness (QED) is 0.849. The summed E-state index contributed by atoms with van der Waals surface area (Å²) in [5, 5.41) is 12.2. The lowest BCUT2D eigenvalue weighted by atomic mass is 10.1. The van der Waals surface area contributed by atoms with Gasteiger partial charge >= 0.3 is 6.03 Å². The first kappa shape index (κ1) is 15.3. The maximum absolute atomic E-state index is 11.8. The molecule has 3 rings (SSSR count). The van der Waals surface area contributed by atoms with Crippen LogP contribution in [0.1, 0.15) is 0 Å². The highest BCUT2D eigenvalue weighted by atomic mass is 16.5. The number of benzene rings is 2. The number of carbonyl (C=O) groups excluding carboxylic acids is 2. The highest BCUT2D eigenvalue weighted by molar-refractivity contribution is 6.01. The van der Waals surface area contributed by atoms with Gasteiger partial charge in [0.25, 0.3) is 0 Å². The van der Waals surface area contributed by atoms with Crippen LogP contribution in [0.15, 0.2) is 42.5 Å². The van der Waals surface area contributed by atoms with Gasteiger partial charge in [0.15, 0.2) is 0 Å². The van der Waals surface area contributed by atoms with Crippen molar-refractivity contribution in [3.8, 4) is 5.75 Å². The molecule has 6 nitrogen and oxygen atoms in total. The van der Waals surface area contributed by atoms with Gasteiger partial charge in [0.1, 0.15) is 25.0 Å². The molecule has 120 valence electrons. The van der Waals surface area contributed by atoms with E-state index in [1.807, 2.05) is 42.5 Å². The summed E-state index contributed by atoms with van der Waals surface area (Å²) in [7, 11) is 1.55. The molecule has 0 bridgehead atoms. The van der Waals surface area contributed by atoms with Gasteiger partial charge in [-0.3, -0.25) is 9.69 Å². The normalized spacial score (nSPS) is 16.3. The number of imide groups is 1. The fourth-order valence-corrected chi connectivity index (χ4v) is 2.56. The Kier molecular flexibility index (Phi) is 4.16. The molecule has 0 spiro atoms. The number of carbonyl (C=O) groups is 2. The number of nitrogens with zero attached hydrogens (tertiary/aromatic N) is 2. The number of aliphatic hydroxyl groups is 1. The third kappa shape index (κ3) is 3.27. The van der Waals surface area contributed by atoms with Crippen molar-refractivity contribution in [3.63, 3.8) is 0 Å². The summed E-state index contributed by atoms with van der Waals surface area (Å²) in [5.74, 6) is 0.334. The molecule has 1 aliphatic heterocycles. The number of aliphatic hydroxyl groups excluding tert-OH is 1. The first-order valence-electron chi connectivity index (χ1n) is 7.40. The molecule has 1 aliphatic rings. The van der Waals surface area contributed by atoms with Crippen LogP contribution < -0.4 is 4.74 Å². The van der Waals surface area contributed by atoms with Crippen LogP contribution in [0.5, 0.6) is 5.75 Å². The summed E-state index contributed by atoms with van der Waals surface area (Å²) in [4.78, 5) is 25.8. The van der Waals surface area contributed by atoms with Crippen molar-refractivity contribution in [2.75, 3.05) is 26.7 Å². The van der Waals surface area contributed by atoms with Crippen LogP contribution in [0.4, 0.5) is 4.79 Å². The lowest BCUT2D eigenvalue weighted by Crippen LogP contribution is -2.40. The first-order valence-corrected chi connectivity index (χ1v) is 7.40. The predicted octanol–water partition coefficient (Wildman–Crippen LogP) is 1.47. The molecule has 0 aromatic heterocycles. The van der Waals surface area contributed by atoms with E-state index in [1.54, 1.807) is 7.05 Å². The number of fused-ring (bicyclic) bond motifs is 1. The summed E-state index contributed by atoms with van der Waals surface area (Å²) in [5.41, 5.74) is 0. The summed E-state index contributed by atoms with van der Waals surface area (Å²) < 4.78 is 5.57. The van der Waals surface area contributed by atoms with Gasteiger partial charge in [0, 0.05) is 7.05 Å². The second-order valence-electron chi connectivity index (χ2n) is 5.62. The van der Waals surface area contributed by atoms with E-state index in [0.29, 0.717) is 5.75 Å². The van der Waals surface area contributed by atoms with Crippen LogP contribution in [0.25, 0.3) is 10.8 Å². The van der Waals surface area contributed by atoms with Crippen LogP contribution >= 0.6 is 0 Å². The second kappa shape index (κ2) is 6.26. The Balaban J connectivity index is 1.58. The minimum Gasteiger partial charge on any atom is -0.491 e. The minimum absolute atomic E-state index is 0.0130. The molecule has 0 aliphatic carbocycles. The molecule has 3 amide bonds. The summed E-state index contributed by atoms with van der Waals surface area (Å²) in [6.07, 6.45) is -0.930. The van der Waals surface area contributed by atoms with E-state index in [2.05, 4.69) is 0 Å². The molecule has 23 heavy (non-hydrogen) atoms. The van der Waals surface area contributed by atoms with E-state index in [1.165, 1.54) is 4.90 Å². The van der Waals surface area contributed by atoms with E-state index in [0.717, 1.165) is 15.7 Å². The highest BCUT2D eigenvalue weighted by Gasteiger charge is 2.34. The Morgan fingerprint density at radius 2 is 1.91 bits per heavy atom. The maximum Gasteiger partial charge on any atom is 0.327 e. The van der Waals surface area contributed by atoms with Crippen LogP contribution in [0.2, 0.25) is 0 Å². The average molecular weight is 314 g/mol. The van der Waals surface area contributed by atoms with E-state index < -0.39 is 6.10 Å². The second-order valence-corrected chi connectivity index (χ2v) is 5.62. The van der Waals surface area contributed by atoms with Gasteiger partial charge in [-0.25, -0.2) is 4.79 Å². The Morgan fingerprint density at radius 1 is 1.17 bits per heavy atom. The van der Waals surface area contributed by atoms with Crippen molar-refractivity contribution in [2.24, 2.45) is 0 Å². The number of rotatable bonds is 5. The van der Waals surface area contributed by atoms with Crippen LogP contribution in [0.3, 0.4) is 0 Å². The number of hydrogen-bond donors (Lipinski definition) is 1. The standard InChI is InChI=1S/C17H18N2O4/c1-18-10-16(21)19(17(18)22)9-14(20)11-23-15-7-6-12-4-2-3-5-13(12)8-15/h2-8,14,20H,9-11H2,1H3/t14-/m0/s1. The predicted molar refractivity (Wildman–Crippen MR) is 85.2 cm³/mol.